The van der Waals surface area contributed by atoms with Gasteiger partial charge in [0.15, 0.2) is 10.9 Å². The van der Waals surface area contributed by atoms with Crippen LogP contribution in [0.4, 0.5) is 23.0 Å². The van der Waals surface area contributed by atoms with Crippen molar-refractivity contribution in [2.45, 2.75) is 13.0 Å². The molecule has 0 spiro atoms. The van der Waals surface area contributed by atoms with Crippen molar-refractivity contribution in [2.75, 3.05) is 86.5 Å². The third-order valence-electron chi connectivity index (χ3n) is 7.48. The summed E-state index contributed by atoms with van der Waals surface area (Å²) in [4.78, 5) is 31.5. The molecule has 9 nitrogen and oxygen atoms in total. The molecule has 4 heterocycles. The first kappa shape index (κ1) is 25.3. The van der Waals surface area contributed by atoms with Gasteiger partial charge in [0.05, 0.1) is 5.69 Å². The molecule has 0 radical (unpaired) electrons. The molecule has 1 aromatic carbocycles. The molecular formula is C27H36N8OS. The molecule has 10 heteroatoms. The Balaban J connectivity index is 1.30. The van der Waals surface area contributed by atoms with E-state index in [4.69, 9.17) is 12.2 Å². The summed E-state index contributed by atoms with van der Waals surface area (Å²) >= 11 is 5.67. The van der Waals surface area contributed by atoms with Crippen molar-refractivity contribution >= 4 is 57.5 Å². The number of benzene rings is 1. The van der Waals surface area contributed by atoms with E-state index in [1.807, 2.05) is 18.3 Å². The fourth-order valence-corrected chi connectivity index (χ4v) is 5.38. The van der Waals surface area contributed by atoms with E-state index in [0.717, 1.165) is 91.1 Å². The van der Waals surface area contributed by atoms with Gasteiger partial charge in [0.1, 0.15) is 18.1 Å². The maximum atomic E-state index is 12.2. The first-order chi connectivity index (χ1) is 18.0. The second-order valence-electron chi connectivity index (χ2n) is 9.88. The number of hydrogen-bond donors (Lipinski definition) is 2. The molecule has 5 rings (SSSR count). The van der Waals surface area contributed by atoms with Crippen LogP contribution in [0, 0.1) is 0 Å². The number of piperazine rings is 2. The number of rotatable bonds is 6. The highest BCUT2D eigenvalue weighted by molar-refractivity contribution is 7.80. The van der Waals surface area contributed by atoms with Crippen LogP contribution in [0.25, 0.3) is 10.9 Å². The predicted octanol–water partition coefficient (Wildman–Crippen LogP) is 2.86. The van der Waals surface area contributed by atoms with Crippen LogP contribution in [0.2, 0.25) is 0 Å². The number of fused-ring (bicyclic) bond motifs is 1. The van der Waals surface area contributed by atoms with Crippen LogP contribution in [0.15, 0.2) is 42.6 Å². The molecule has 3 aromatic rings. The maximum absolute atomic E-state index is 12.2. The Morgan fingerprint density at radius 3 is 2.76 bits per heavy atom. The van der Waals surface area contributed by atoms with E-state index in [-0.39, 0.29) is 6.04 Å². The SMILES string of the molecule is CCN(C)c1cccnc1N1CCN(c2cc3cc(NC(=S)N4CCN(C)CC4)ccc3[nH]2)C(C=O)C1. The van der Waals surface area contributed by atoms with Gasteiger partial charge < -0.3 is 39.6 Å². The lowest BCUT2D eigenvalue weighted by Crippen LogP contribution is -2.54. The average Bonchev–Trinajstić information content (AvgIpc) is 3.36. The van der Waals surface area contributed by atoms with Gasteiger partial charge in [-0.1, -0.05) is 0 Å². The molecule has 1 unspecified atom stereocenters. The van der Waals surface area contributed by atoms with Gasteiger partial charge in [-0.25, -0.2) is 4.98 Å². The molecule has 2 aromatic heterocycles. The summed E-state index contributed by atoms with van der Waals surface area (Å²) in [6.07, 6.45) is 2.87. The largest absolute Gasteiger partial charge is 0.372 e. The lowest BCUT2D eigenvalue weighted by Gasteiger charge is -2.41. The topological polar surface area (TPSA) is 74.0 Å². The van der Waals surface area contributed by atoms with Crippen LogP contribution < -0.4 is 20.0 Å². The van der Waals surface area contributed by atoms with Crippen LogP contribution in [0.1, 0.15) is 6.92 Å². The third kappa shape index (κ3) is 5.35. The van der Waals surface area contributed by atoms with E-state index in [1.165, 1.54) is 0 Å². The number of hydrogen-bond acceptors (Lipinski definition) is 7. The Bertz CT molecular complexity index is 1250. The fraction of sp³-hybridized carbons (Fsp3) is 0.444. The van der Waals surface area contributed by atoms with Gasteiger partial charge in [-0.2, -0.15) is 0 Å². The van der Waals surface area contributed by atoms with Crippen LogP contribution in [-0.4, -0.2) is 104 Å². The first-order valence-electron chi connectivity index (χ1n) is 13.0. The summed E-state index contributed by atoms with van der Waals surface area (Å²) in [5.41, 5.74) is 3.10. The quantitative estimate of drug-likeness (QED) is 0.377. The number of aromatic amines is 1. The summed E-state index contributed by atoms with van der Waals surface area (Å²) in [6.45, 7) is 9.02. The molecule has 0 bridgehead atoms. The number of carbonyl (C=O) groups excluding carboxylic acids is 1. The fourth-order valence-electron chi connectivity index (χ4n) is 5.08. The van der Waals surface area contributed by atoms with Gasteiger partial charge in [-0.05, 0) is 62.6 Å². The van der Waals surface area contributed by atoms with Crippen LogP contribution in [-0.2, 0) is 4.79 Å². The molecule has 0 amide bonds. The second kappa shape index (κ2) is 10.9. The minimum atomic E-state index is -0.272. The van der Waals surface area contributed by atoms with Crippen LogP contribution in [0.5, 0.6) is 0 Å². The normalized spacial score (nSPS) is 18.8. The number of thiocarbonyl (C=S) groups is 1. The van der Waals surface area contributed by atoms with E-state index >= 15 is 0 Å². The van der Waals surface area contributed by atoms with Crippen molar-refractivity contribution in [1.82, 2.24) is 19.8 Å². The summed E-state index contributed by atoms with van der Waals surface area (Å²) in [7, 11) is 4.21. The standard InChI is InChI=1S/C27H36N8OS/c1-4-32(3)24-6-5-9-28-26(24)34-14-15-35(22(18-34)19-36)25-17-20-16-21(7-8-23(20)30-25)29-27(37)33-12-10-31(2)11-13-33/h5-9,16-17,19,22,30H,4,10-15,18H2,1-3H3,(H,29,37). The Labute approximate surface area is 224 Å². The Hall–Kier alpha value is -3.37. The van der Waals surface area contributed by atoms with Gasteiger partial charge in [0, 0.05) is 82.2 Å². The van der Waals surface area contributed by atoms with E-state index in [9.17, 15) is 4.79 Å². The summed E-state index contributed by atoms with van der Waals surface area (Å²) < 4.78 is 0. The van der Waals surface area contributed by atoms with E-state index < -0.39 is 0 Å². The number of nitrogens with zero attached hydrogens (tertiary/aromatic N) is 6. The molecule has 2 N–H and O–H groups in total. The second-order valence-corrected chi connectivity index (χ2v) is 10.3. The molecule has 2 aliphatic heterocycles. The highest BCUT2D eigenvalue weighted by atomic mass is 32.1. The molecule has 2 saturated heterocycles. The van der Waals surface area contributed by atoms with Crippen molar-refractivity contribution in [3.63, 3.8) is 0 Å². The van der Waals surface area contributed by atoms with E-state index in [1.54, 1.807) is 0 Å². The number of H-pyrrole nitrogens is 1. The van der Waals surface area contributed by atoms with Crippen LogP contribution in [0.3, 0.4) is 0 Å². The summed E-state index contributed by atoms with van der Waals surface area (Å²) in [6, 6.07) is 12.1. The summed E-state index contributed by atoms with van der Waals surface area (Å²) in [5, 5.41) is 5.26. The average molecular weight is 521 g/mol. The first-order valence-corrected chi connectivity index (χ1v) is 13.4. The molecule has 1 atom stereocenters. The minimum Gasteiger partial charge on any atom is -0.372 e. The van der Waals surface area contributed by atoms with Gasteiger partial charge >= 0.3 is 0 Å². The van der Waals surface area contributed by atoms with Gasteiger partial charge in [0.25, 0.3) is 0 Å². The molecule has 2 fully saturated rings. The number of likely N-dealkylation sites (N-methyl/N-ethyl adjacent to an activating group) is 1. The number of carbonyl (C=O) groups is 1. The van der Waals surface area contributed by atoms with Crippen molar-refractivity contribution in [2.24, 2.45) is 0 Å². The van der Waals surface area contributed by atoms with Crippen molar-refractivity contribution < 1.29 is 4.79 Å². The zero-order valence-corrected chi connectivity index (χ0v) is 22.7. The number of aromatic nitrogens is 2. The van der Waals surface area contributed by atoms with E-state index in [2.05, 4.69) is 85.1 Å². The van der Waals surface area contributed by atoms with Crippen molar-refractivity contribution in [1.29, 1.82) is 0 Å². The van der Waals surface area contributed by atoms with Gasteiger partial charge in [-0.3, -0.25) is 0 Å². The van der Waals surface area contributed by atoms with Crippen molar-refractivity contribution in [3.05, 3.63) is 42.6 Å². The maximum Gasteiger partial charge on any atom is 0.173 e. The molecule has 0 saturated carbocycles. The van der Waals surface area contributed by atoms with Gasteiger partial charge in [-0.15, -0.1) is 0 Å². The number of pyridine rings is 1. The number of nitrogens with one attached hydrogen (secondary N) is 2. The summed E-state index contributed by atoms with van der Waals surface area (Å²) in [5.74, 6) is 1.89. The predicted molar refractivity (Wildman–Crippen MR) is 156 cm³/mol. The molecule has 196 valence electrons. The highest BCUT2D eigenvalue weighted by Gasteiger charge is 2.30. The minimum absolute atomic E-state index is 0.272. The molecule has 2 aliphatic rings. The molecule has 37 heavy (non-hydrogen) atoms. The number of anilines is 4. The molecular weight excluding hydrogens is 484 g/mol. The van der Waals surface area contributed by atoms with Crippen LogP contribution >= 0.6 is 12.2 Å². The Morgan fingerprint density at radius 1 is 1.19 bits per heavy atom. The monoisotopic (exact) mass is 520 g/mol. The zero-order valence-electron chi connectivity index (χ0n) is 21.9. The highest BCUT2D eigenvalue weighted by Crippen LogP contribution is 2.31. The lowest BCUT2D eigenvalue weighted by molar-refractivity contribution is -0.109. The smallest absolute Gasteiger partial charge is 0.173 e. The van der Waals surface area contributed by atoms with E-state index in [0.29, 0.717) is 6.54 Å². The molecule has 0 aliphatic carbocycles. The number of aldehydes is 1. The van der Waals surface area contributed by atoms with Gasteiger partial charge in [0.2, 0.25) is 0 Å². The lowest BCUT2D eigenvalue weighted by atomic mass is 10.1. The zero-order chi connectivity index (χ0) is 25.9. The Morgan fingerprint density at radius 2 is 2.00 bits per heavy atom. The van der Waals surface area contributed by atoms with Crippen molar-refractivity contribution in [3.8, 4) is 0 Å². The Kier molecular flexibility index (Phi) is 7.48. The third-order valence-corrected chi connectivity index (χ3v) is 7.84.